The number of carbonyl (C=O) groups excluding carboxylic acids is 2. The fourth-order valence-electron chi connectivity index (χ4n) is 3.76. The van der Waals surface area contributed by atoms with Gasteiger partial charge in [-0.3, -0.25) is 9.78 Å². The van der Waals surface area contributed by atoms with Gasteiger partial charge in [-0.05, 0) is 30.2 Å². The maximum Gasteiger partial charge on any atom is 0.331 e. The second-order valence-corrected chi connectivity index (χ2v) is 8.00. The van der Waals surface area contributed by atoms with E-state index in [4.69, 9.17) is 4.74 Å². The first-order valence-corrected chi connectivity index (χ1v) is 11.2. The number of fused-ring (bicyclic) bond motifs is 1. The highest BCUT2D eigenvalue weighted by molar-refractivity contribution is 5.94. The van der Waals surface area contributed by atoms with Gasteiger partial charge in [0.2, 0.25) is 0 Å². The van der Waals surface area contributed by atoms with E-state index in [0.717, 1.165) is 27.6 Å². The molecule has 3 aromatic carbocycles. The number of aromatic nitrogens is 1. The summed E-state index contributed by atoms with van der Waals surface area (Å²) in [4.78, 5) is 31.9. The summed E-state index contributed by atoms with van der Waals surface area (Å²) in [5, 5.41) is 0.985. The molecule has 0 aliphatic carbocycles. The number of amides is 1. The van der Waals surface area contributed by atoms with E-state index >= 15 is 0 Å². The van der Waals surface area contributed by atoms with Crippen LogP contribution in [0.4, 0.5) is 0 Å². The van der Waals surface area contributed by atoms with Crippen LogP contribution in [0.5, 0.6) is 0 Å². The van der Waals surface area contributed by atoms with E-state index in [1.165, 1.54) is 6.08 Å². The van der Waals surface area contributed by atoms with Crippen LogP contribution in [0.3, 0.4) is 0 Å². The summed E-state index contributed by atoms with van der Waals surface area (Å²) in [5.74, 6) is -0.825. The quantitative estimate of drug-likeness (QED) is 0.266. The molecule has 0 aliphatic heterocycles. The molecule has 4 rings (SSSR count). The Hall–Kier alpha value is -4.25. The average molecular weight is 451 g/mol. The van der Waals surface area contributed by atoms with Gasteiger partial charge in [0.05, 0.1) is 5.52 Å². The minimum absolute atomic E-state index is 0.249. The Labute approximate surface area is 199 Å². The number of carbonyl (C=O) groups is 2. The maximum absolute atomic E-state index is 13.3. The third-order valence-electron chi connectivity index (χ3n) is 5.45. The van der Waals surface area contributed by atoms with Gasteiger partial charge >= 0.3 is 5.97 Å². The minimum Gasteiger partial charge on any atom is -0.449 e. The first-order chi connectivity index (χ1) is 16.6. The van der Waals surface area contributed by atoms with E-state index in [2.05, 4.69) is 4.98 Å². The predicted molar refractivity (Wildman–Crippen MR) is 133 cm³/mol. The molecule has 0 saturated carbocycles. The van der Waals surface area contributed by atoms with Gasteiger partial charge in [0, 0.05) is 36.3 Å². The highest BCUT2D eigenvalue weighted by Crippen LogP contribution is 2.17. The summed E-state index contributed by atoms with van der Waals surface area (Å²) in [6.07, 6.45) is 3.80. The fraction of sp³-hybridized carbons (Fsp3) is 0.138. The maximum atomic E-state index is 13.3. The van der Waals surface area contributed by atoms with Crippen molar-refractivity contribution in [1.82, 2.24) is 9.88 Å². The largest absolute Gasteiger partial charge is 0.449 e. The number of esters is 1. The number of ether oxygens (including phenoxy) is 1. The van der Waals surface area contributed by atoms with Crippen LogP contribution in [0.25, 0.3) is 17.0 Å². The average Bonchev–Trinajstić information content (AvgIpc) is 2.88. The van der Waals surface area contributed by atoms with Gasteiger partial charge in [0.1, 0.15) is 0 Å². The molecule has 0 radical (unpaired) electrons. The SMILES string of the molecule is C[C@H](OC(=O)/C=C/c1cccc2cccnc12)C(=O)N(Cc1ccccc1)Cc1ccccc1. The standard InChI is InChI=1S/C29H26N2O3/c1-22(34-27(32)18-17-26-15-8-14-25-16-9-19-30-28(25)26)29(33)31(20-23-10-4-2-5-11-23)21-24-12-6-3-7-13-24/h2-19,22H,20-21H2,1H3/b18-17+/t22-/m0/s1. The molecule has 5 nitrogen and oxygen atoms in total. The van der Waals surface area contributed by atoms with Crippen molar-refractivity contribution in [2.24, 2.45) is 0 Å². The first-order valence-electron chi connectivity index (χ1n) is 11.2. The molecule has 1 amide bonds. The van der Waals surface area contributed by atoms with Gasteiger partial charge in [0.15, 0.2) is 6.10 Å². The molecule has 34 heavy (non-hydrogen) atoms. The van der Waals surface area contributed by atoms with Gasteiger partial charge in [-0.25, -0.2) is 4.79 Å². The zero-order valence-electron chi connectivity index (χ0n) is 19.0. The third-order valence-corrected chi connectivity index (χ3v) is 5.45. The van der Waals surface area contributed by atoms with Gasteiger partial charge in [-0.2, -0.15) is 0 Å². The number of rotatable bonds is 8. The number of para-hydroxylation sites is 1. The normalized spacial score (nSPS) is 11.9. The molecular formula is C29H26N2O3. The van der Waals surface area contributed by atoms with E-state index < -0.39 is 12.1 Å². The lowest BCUT2D eigenvalue weighted by Gasteiger charge is -2.26. The van der Waals surface area contributed by atoms with Crippen LogP contribution in [-0.2, 0) is 27.4 Å². The van der Waals surface area contributed by atoms with E-state index in [9.17, 15) is 9.59 Å². The summed E-state index contributed by atoms with van der Waals surface area (Å²) in [6.45, 7) is 2.46. The van der Waals surface area contributed by atoms with Crippen molar-refractivity contribution in [3.63, 3.8) is 0 Å². The van der Waals surface area contributed by atoms with E-state index in [0.29, 0.717) is 13.1 Å². The van der Waals surface area contributed by atoms with Crippen LogP contribution in [0.2, 0.25) is 0 Å². The molecule has 5 heteroatoms. The van der Waals surface area contributed by atoms with E-state index in [-0.39, 0.29) is 5.91 Å². The molecule has 0 fully saturated rings. The fourth-order valence-corrected chi connectivity index (χ4v) is 3.76. The van der Waals surface area contributed by atoms with Gasteiger partial charge < -0.3 is 9.64 Å². The Kier molecular flexibility index (Phi) is 7.45. The van der Waals surface area contributed by atoms with Gasteiger partial charge in [-0.1, -0.05) is 84.9 Å². The highest BCUT2D eigenvalue weighted by atomic mass is 16.5. The van der Waals surface area contributed by atoms with Crippen molar-refractivity contribution in [3.05, 3.63) is 120 Å². The summed E-state index contributed by atoms with van der Waals surface area (Å²) >= 11 is 0. The molecule has 0 unspecified atom stereocenters. The van der Waals surface area contributed by atoms with Crippen LogP contribution < -0.4 is 0 Å². The molecule has 0 bridgehead atoms. The molecule has 170 valence electrons. The minimum atomic E-state index is -0.921. The van der Waals surface area contributed by atoms with E-state index in [1.807, 2.05) is 91.0 Å². The van der Waals surface area contributed by atoms with Crippen molar-refractivity contribution in [2.75, 3.05) is 0 Å². The number of nitrogens with zero attached hydrogens (tertiary/aromatic N) is 2. The predicted octanol–water partition coefficient (Wildman–Crippen LogP) is 5.41. The monoisotopic (exact) mass is 450 g/mol. The Balaban J connectivity index is 1.45. The van der Waals surface area contributed by atoms with Crippen LogP contribution in [0.1, 0.15) is 23.6 Å². The molecule has 1 atom stereocenters. The topological polar surface area (TPSA) is 59.5 Å². The number of pyridine rings is 1. The second-order valence-electron chi connectivity index (χ2n) is 8.00. The van der Waals surface area contributed by atoms with Crippen molar-refractivity contribution < 1.29 is 14.3 Å². The Bertz CT molecular complexity index is 1240. The molecule has 0 saturated heterocycles. The van der Waals surface area contributed by atoms with Gasteiger partial charge in [0.25, 0.3) is 5.91 Å². The van der Waals surface area contributed by atoms with E-state index in [1.54, 1.807) is 24.1 Å². The number of benzene rings is 3. The molecule has 1 heterocycles. The molecular weight excluding hydrogens is 424 g/mol. The Morgan fingerprint density at radius 3 is 2.12 bits per heavy atom. The summed E-state index contributed by atoms with van der Waals surface area (Å²) in [7, 11) is 0. The molecule has 0 spiro atoms. The lowest BCUT2D eigenvalue weighted by atomic mass is 10.1. The van der Waals surface area contributed by atoms with Crippen molar-refractivity contribution in [2.45, 2.75) is 26.1 Å². The molecule has 0 aliphatic rings. The third kappa shape index (κ3) is 5.95. The van der Waals surface area contributed by atoms with Crippen LogP contribution in [0.15, 0.2) is 103 Å². The summed E-state index contributed by atoms with van der Waals surface area (Å²) in [6, 6.07) is 29.1. The lowest BCUT2D eigenvalue weighted by molar-refractivity contribution is -0.156. The highest BCUT2D eigenvalue weighted by Gasteiger charge is 2.23. The van der Waals surface area contributed by atoms with Crippen molar-refractivity contribution in [1.29, 1.82) is 0 Å². The number of hydrogen-bond donors (Lipinski definition) is 0. The zero-order valence-corrected chi connectivity index (χ0v) is 19.0. The zero-order chi connectivity index (χ0) is 23.8. The first kappa shape index (κ1) is 22.9. The summed E-state index contributed by atoms with van der Waals surface area (Å²) < 4.78 is 5.46. The molecule has 1 aromatic heterocycles. The van der Waals surface area contributed by atoms with Crippen molar-refractivity contribution >= 4 is 28.9 Å². The van der Waals surface area contributed by atoms with Crippen molar-refractivity contribution in [3.8, 4) is 0 Å². The molecule has 0 N–H and O–H groups in total. The Morgan fingerprint density at radius 2 is 1.47 bits per heavy atom. The van der Waals surface area contributed by atoms with Crippen LogP contribution >= 0.6 is 0 Å². The second kappa shape index (κ2) is 11.1. The lowest BCUT2D eigenvalue weighted by Crippen LogP contribution is -2.39. The molecule has 4 aromatic rings. The van der Waals surface area contributed by atoms with Crippen LogP contribution in [-0.4, -0.2) is 27.9 Å². The Morgan fingerprint density at radius 1 is 0.853 bits per heavy atom. The van der Waals surface area contributed by atoms with Gasteiger partial charge in [-0.15, -0.1) is 0 Å². The smallest absolute Gasteiger partial charge is 0.331 e. The number of hydrogen-bond acceptors (Lipinski definition) is 4. The summed E-state index contributed by atoms with van der Waals surface area (Å²) in [5.41, 5.74) is 3.63. The van der Waals surface area contributed by atoms with Crippen LogP contribution in [0, 0.1) is 0 Å².